The third-order valence-electron chi connectivity index (χ3n) is 5.25. The van der Waals surface area contributed by atoms with Gasteiger partial charge in [0.25, 0.3) is 0 Å². The molecule has 5 rings (SSSR count). The summed E-state index contributed by atoms with van der Waals surface area (Å²) < 4.78 is 3.83. The summed E-state index contributed by atoms with van der Waals surface area (Å²) in [5.41, 5.74) is 6.34. The zero-order valence-corrected chi connectivity index (χ0v) is 18.2. The number of rotatable bonds is 6. The van der Waals surface area contributed by atoms with Crippen molar-refractivity contribution in [3.63, 3.8) is 0 Å². The molecule has 32 heavy (non-hydrogen) atoms. The molecule has 0 spiro atoms. The Kier molecular flexibility index (Phi) is 5.29. The average Bonchev–Trinajstić information content (AvgIpc) is 3.39. The highest BCUT2D eigenvalue weighted by Crippen LogP contribution is 2.32. The van der Waals surface area contributed by atoms with Gasteiger partial charge in [-0.3, -0.25) is 9.20 Å². The number of halogens is 1. The Morgan fingerprint density at radius 2 is 1.72 bits per heavy atom. The molecule has 0 fully saturated rings. The fourth-order valence-corrected chi connectivity index (χ4v) is 3.90. The van der Waals surface area contributed by atoms with Gasteiger partial charge >= 0.3 is 0 Å². The highest BCUT2D eigenvalue weighted by atomic mass is 35.5. The van der Waals surface area contributed by atoms with Gasteiger partial charge in [-0.25, -0.2) is 9.67 Å². The second-order valence-electron chi connectivity index (χ2n) is 7.74. The lowest BCUT2D eigenvalue weighted by molar-refractivity contribution is -0.116. The monoisotopic (exact) mass is 441 g/mol. The van der Waals surface area contributed by atoms with E-state index < -0.39 is 0 Å². The van der Waals surface area contributed by atoms with Crippen LogP contribution in [0.2, 0.25) is 5.02 Å². The molecule has 0 unspecified atom stereocenters. The smallest absolute Gasteiger partial charge is 0.137 e. The molecule has 0 saturated carbocycles. The van der Waals surface area contributed by atoms with Crippen molar-refractivity contribution < 1.29 is 4.79 Å². The average molecular weight is 442 g/mol. The van der Waals surface area contributed by atoms with E-state index in [1.165, 1.54) is 0 Å². The summed E-state index contributed by atoms with van der Waals surface area (Å²) in [5.74, 6) is 0.156. The van der Waals surface area contributed by atoms with Crippen LogP contribution < -0.4 is 0 Å². The number of ketones is 1. The molecule has 0 saturated heterocycles. The third-order valence-corrected chi connectivity index (χ3v) is 5.50. The number of nitrogens with zero attached hydrogens (tertiary/aromatic N) is 5. The Bertz CT molecular complexity index is 1400. The fraction of sp³-hybridized carbons (Fsp3) is 0.120. The lowest BCUT2D eigenvalue weighted by Gasteiger charge is -2.04. The van der Waals surface area contributed by atoms with E-state index in [9.17, 15) is 4.79 Å². The first-order chi connectivity index (χ1) is 15.6. The van der Waals surface area contributed by atoms with Gasteiger partial charge in [-0.15, -0.1) is 5.10 Å². The van der Waals surface area contributed by atoms with Crippen LogP contribution >= 0.6 is 11.6 Å². The van der Waals surface area contributed by atoms with Crippen LogP contribution in [0.25, 0.3) is 28.3 Å². The van der Waals surface area contributed by atoms with E-state index in [4.69, 9.17) is 16.6 Å². The molecule has 3 aromatic heterocycles. The summed E-state index contributed by atoms with van der Waals surface area (Å²) >= 11 is 6.08. The minimum Gasteiger partial charge on any atom is -0.300 e. The van der Waals surface area contributed by atoms with Crippen molar-refractivity contribution >= 4 is 23.0 Å². The van der Waals surface area contributed by atoms with Crippen molar-refractivity contribution in [2.45, 2.75) is 19.9 Å². The molecule has 3 heterocycles. The topological polar surface area (TPSA) is 65.1 Å². The summed E-state index contributed by atoms with van der Waals surface area (Å²) in [6.45, 7) is 2.18. The van der Waals surface area contributed by atoms with Gasteiger partial charge in [-0.1, -0.05) is 59.3 Å². The summed E-state index contributed by atoms with van der Waals surface area (Å²) in [7, 11) is 0. The first-order valence-electron chi connectivity index (χ1n) is 10.3. The van der Waals surface area contributed by atoms with Gasteiger partial charge in [-0.2, -0.15) is 0 Å². The van der Waals surface area contributed by atoms with Crippen LogP contribution in [-0.2, 0) is 17.8 Å². The van der Waals surface area contributed by atoms with Gasteiger partial charge in [-0.05, 0) is 42.3 Å². The van der Waals surface area contributed by atoms with Crippen LogP contribution in [0.15, 0.2) is 79.1 Å². The number of imidazole rings is 1. The second kappa shape index (κ2) is 8.40. The molecule has 0 aliphatic rings. The summed E-state index contributed by atoms with van der Waals surface area (Å²) in [4.78, 5) is 16.1. The molecule has 6 nitrogen and oxygen atoms in total. The van der Waals surface area contributed by atoms with Crippen molar-refractivity contribution in [3.05, 3.63) is 95.3 Å². The molecule has 0 bridgehead atoms. The second-order valence-corrected chi connectivity index (χ2v) is 8.18. The van der Waals surface area contributed by atoms with Gasteiger partial charge in [0, 0.05) is 23.2 Å². The number of hydrogen-bond donors (Lipinski definition) is 0. The molecular formula is C25H20ClN5O. The third kappa shape index (κ3) is 4.05. The number of Topliss-reactive ketones (excluding diaryl/α,β-unsaturated/α-hetero) is 1. The van der Waals surface area contributed by atoms with Gasteiger partial charge in [0.05, 0.1) is 18.4 Å². The van der Waals surface area contributed by atoms with Crippen LogP contribution in [-0.4, -0.2) is 30.2 Å². The number of carbonyl (C=O) groups excluding carboxylic acids is 1. The lowest BCUT2D eigenvalue weighted by Crippen LogP contribution is -2.01. The molecule has 7 heteroatoms. The molecule has 2 aromatic carbocycles. The molecule has 0 aliphatic heterocycles. The summed E-state index contributed by atoms with van der Waals surface area (Å²) in [6, 6.07) is 21.5. The predicted molar refractivity (Wildman–Crippen MR) is 125 cm³/mol. The van der Waals surface area contributed by atoms with Gasteiger partial charge < -0.3 is 0 Å². The Labute approximate surface area is 190 Å². The van der Waals surface area contributed by atoms with Crippen molar-refractivity contribution in [2.24, 2.45) is 0 Å². The summed E-state index contributed by atoms with van der Waals surface area (Å²) in [5, 5.41) is 9.47. The Morgan fingerprint density at radius 1 is 0.969 bits per heavy atom. The number of fused-ring (bicyclic) bond motifs is 1. The maximum Gasteiger partial charge on any atom is 0.137 e. The van der Waals surface area contributed by atoms with Crippen LogP contribution in [0.4, 0.5) is 0 Å². The Hall–Kier alpha value is -3.77. The van der Waals surface area contributed by atoms with Crippen LogP contribution in [0.5, 0.6) is 0 Å². The normalized spacial score (nSPS) is 11.2. The molecule has 158 valence electrons. The SMILES string of the molecule is CC(=O)Cc1ccc(Cn2cc(-c3c(-c4ccc(Cl)cc4)nc4ccccn34)nn2)cc1. The maximum atomic E-state index is 11.3. The largest absolute Gasteiger partial charge is 0.300 e. The Balaban J connectivity index is 1.49. The van der Waals surface area contributed by atoms with Gasteiger partial charge in [0.15, 0.2) is 0 Å². The highest BCUT2D eigenvalue weighted by molar-refractivity contribution is 6.30. The standard InChI is InChI=1S/C25H20ClN5O/c1-17(32)14-18-5-7-19(8-6-18)15-30-16-22(28-29-30)25-24(20-9-11-21(26)12-10-20)27-23-4-2-3-13-31(23)25/h2-13,16H,14-15H2,1H3. The predicted octanol–water partition coefficient (Wildman–Crippen LogP) is 5.09. The number of carbonyl (C=O) groups is 1. The van der Waals surface area contributed by atoms with E-state index in [2.05, 4.69) is 10.3 Å². The van der Waals surface area contributed by atoms with Crippen LogP contribution in [0.3, 0.4) is 0 Å². The highest BCUT2D eigenvalue weighted by Gasteiger charge is 2.18. The van der Waals surface area contributed by atoms with Crippen molar-refractivity contribution in [1.82, 2.24) is 24.4 Å². The minimum absolute atomic E-state index is 0.156. The van der Waals surface area contributed by atoms with E-state index in [1.54, 1.807) is 6.92 Å². The summed E-state index contributed by atoms with van der Waals surface area (Å²) in [6.07, 6.45) is 4.36. The molecule has 0 radical (unpaired) electrons. The van der Waals surface area contributed by atoms with E-state index in [0.29, 0.717) is 18.0 Å². The number of pyridine rings is 1. The first-order valence-corrected chi connectivity index (χ1v) is 10.7. The quantitative estimate of drug-likeness (QED) is 0.368. The molecule has 0 aliphatic carbocycles. The molecular weight excluding hydrogens is 422 g/mol. The maximum absolute atomic E-state index is 11.3. The van der Waals surface area contributed by atoms with Gasteiger partial charge in [0.1, 0.15) is 22.8 Å². The number of benzene rings is 2. The van der Waals surface area contributed by atoms with E-state index >= 15 is 0 Å². The van der Waals surface area contributed by atoms with E-state index in [1.807, 2.05) is 88.2 Å². The van der Waals surface area contributed by atoms with Crippen LogP contribution in [0, 0.1) is 0 Å². The minimum atomic E-state index is 0.156. The van der Waals surface area contributed by atoms with Crippen molar-refractivity contribution in [2.75, 3.05) is 0 Å². The van der Waals surface area contributed by atoms with Crippen LogP contribution in [0.1, 0.15) is 18.1 Å². The molecule has 5 aromatic rings. The van der Waals surface area contributed by atoms with Crippen molar-refractivity contribution in [1.29, 1.82) is 0 Å². The number of aromatic nitrogens is 5. The molecule has 0 N–H and O–H groups in total. The zero-order chi connectivity index (χ0) is 22.1. The lowest BCUT2D eigenvalue weighted by atomic mass is 10.1. The van der Waals surface area contributed by atoms with Crippen molar-refractivity contribution in [3.8, 4) is 22.6 Å². The molecule has 0 atom stereocenters. The fourth-order valence-electron chi connectivity index (χ4n) is 3.77. The molecule has 0 amide bonds. The zero-order valence-electron chi connectivity index (χ0n) is 17.4. The first kappa shape index (κ1) is 20.2. The van der Waals surface area contributed by atoms with E-state index in [0.717, 1.165) is 39.4 Å². The van der Waals surface area contributed by atoms with E-state index in [-0.39, 0.29) is 5.78 Å². The number of hydrogen-bond acceptors (Lipinski definition) is 4. The van der Waals surface area contributed by atoms with Gasteiger partial charge in [0.2, 0.25) is 0 Å². The Morgan fingerprint density at radius 3 is 2.47 bits per heavy atom.